The topological polar surface area (TPSA) is 29.3 Å². The van der Waals surface area contributed by atoms with Gasteiger partial charge in [0.2, 0.25) is 0 Å². The minimum absolute atomic E-state index is 0.117. The molecule has 2 nitrogen and oxygen atoms in total. The summed E-state index contributed by atoms with van der Waals surface area (Å²) in [5.74, 6) is 0.896. The van der Waals surface area contributed by atoms with Crippen molar-refractivity contribution < 1.29 is 8.78 Å². The van der Waals surface area contributed by atoms with Crippen LogP contribution in [0.4, 0.5) is 14.5 Å². The van der Waals surface area contributed by atoms with E-state index in [1.807, 2.05) is 11.8 Å². The number of nitrogens with two attached hydrogens (primary N) is 1. The molecule has 0 saturated carbocycles. The highest BCUT2D eigenvalue weighted by molar-refractivity contribution is 7.99. The summed E-state index contributed by atoms with van der Waals surface area (Å²) in [5.41, 5.74) is 6.12. The zero-order valence-corrected chi connectivity index (χ0v) is 10.4. The molecule has 2 N–H and O–H groups in total. The molecule has 0 aliphatic carbocycles. The van der Waals surface area contributed by atoms with Gasteiger partial charge in [0.15, 0.2) is 0 Å². The summed E-state index contributed by atoms with van der Waals surface area (Å²) < 4.78 is 27.8. The fraction of sp³-hybridized carbons (Fsp3) is 0.500. The first-order chi connectivity index (χ1) is 8.22. The Morgan fingerprint density at radius 1 is 1.18 bits per heavy atom. The molecular formula is C12H16F2N2S. The Bertz CT molecular complexity index is 369. The van der Waals surface area contributed by atoms with Gasteiger partial charge in [0.05, 0.1) is 0 Å². The zero-order valence-electron chi connectivity index (χ0n) is 9.59. The van der Waals surface area contributed by atoms with Crippen LogP contribution in [-0.4, -0.2) is 31.1 Å². The molecule has 1 heterocycles. The van der Waals surface area contributed by atoms with Gasteiger partial charge in [0, 0.05) is 24.6 Å². The van der Waals surface area contributed by atoms with Gasteiger partial charge in [-0.1, -0.05) is 0 Å². The maximum absolute atomic E-state index is 13.9. The minimum Gasteiger partial charge on any atom is -0.365 e. The third kappa shape index (κ3) is 2.90. The van der Waals surface area contributed by atoms with Crippen LogP contribution in [0.2, 0.25) is 0 Å². The van der Waals surface area contributed by atoms with E-state index < -0.39 is 11.6 Å². The lowest BCUT2D eigenvalue weighted by atomic mass is 10.1. The van der Waals surface area contributed by atoms with Gasteiger partial charge in [-0.15, -0.1) is 0 Å². The Balaban J connectivity index is 2.27. The number of halogens is 2. The largest absolute Gasteiger partial charge is 0.365 e. The first-order valence-electron chi connectivity index (χ1n) is 5.73. The highest BCUT2D eigenvalue weighted by Crippen LogP contribution is 2.27. The van der Waals surface area contributed by atoms with E-state index in [-0.39, 0.29) is 5.69 Å². The predicted molar refractivity (Wildman–Crippen MR) is 68.7 cm³/mol. The van der Waals surface area contributed by atoms with Crippen molar-refractivity contribution in [1.82, 2.24) is 0 Å². The second-order valence-electron chi connectivity index (χ2n) is 4.05. The molecular weight excluding hydrogens is 242 g/mol. The van der Waals surface area contributed by atoms with Gasteiger partial charge in [-0.2, -0.15) is 11.8 Å². The number of hydrogen-bond donors (Lipinski definition) is 1. The molecule has 94 valence electrons. The molecule has 5 heteroatoms. The highest BCUT2D eigenvalue weighted by atomic mass is 32.2. The molecule has 0 aromatic heterocycles. The lowest BCUT2D eigenvalue weighted by molar-refractivity contribution is 0.570. The van der Waals surface area contributed by atoms with Crippen LogP contribution in [0, 0.1) is 11.6 Å². The van der Waals surface area contributed by atoms with Crippen molar-refractivity contribution >= 4 is 17.4 Å². The zero-order chi connectivity index (χ0) is 12.3. The molecule has 1 aromatic carbocycles. The van der Waals surface area contributed by atoms with E-state index in [9.17, 15) is 8.78 Å². The van der Waals surface area contributed by atoms with Crippen LogP contribution in [-0.2, 0) is 6.42 Å². The predicted octanol–water partition coefficient (Wildman–Crippen LogP) is 2.02. The van der Waals surface area contributed by atoms with E-state index in [1.165, 1.54) is 12.1 Å². The maximum Gasteiger partial charge on any atom is 0.149 e. The monoisotopic (exact) mass is 258 g/mol. The van der Waals surface area contributed by atoms with Crippen LogP contribution in [0.3, 0.4) is 0 Å². The van der Waals surface area contributed by atoms with Gasteiger partial charge >= 0.3 is 0 Å². The summed E-state index contributed by atoms with van der Waals surface area (Å²) in [5, 5.41) is 0. The smallest absolute Gasteiger partial charge is 0.149 e. The average molecular weight is 258 g/mol. The molecule has 0 amide bonds. The van der Waals surface area contributed by atoms with Crippen LogP contribution in [0.15, 0.2) is 12.1 Å². The van der Waals surface area contributed by atoms with E-state index in [4.69, 9.17) is 5.73 Å². The standard InChI is InChI=1S/C12H16F2N2S/c13-10-7-9(1-2-15)8-11(14)12(10)16-3-5-17-6-4-16/h7-8H,1-6,15H2. The SMILES string of the molecule is NCCc1cc(F)c(N2CCSCC2)c(F)c1. The van der Waals surface area contributed by atoms with Crippen molar-refractivity contribution in [1.29, 1.82) is 0 Å². The summed E-state index contributed by atoms with van der Waals surface area (Å²) >= 11 is 1.81. The van der Waals surface area contributed by atoms with E-state index in [0.29, 0.717) is 31.6 Å². The summed E-state index contributed by atoms with van der Waals surface area (Å²) in [4.78, 5) is 1.79. The molecule has 0 unspecified atom stereocenters. The van der Waals surface area contributed by atoms with E-state index in [0.717, 1.165) is 11.5 Å². The summed E-state index contributed by atoms with van der Waals surface area (Å²) in [6.07, 6.45) is 0.504. The molecule has 0 radical (unpaired) electrons. The second-order valence-corrected chi connectivity index (χ2v) is 5.27. The van der Waals surface area contributed by atoms with Crippen molar-refractivity contribution in [2.75, 3.05) is 36.0 Å². The lowest BCUT2D eigenvalue weighted by Gasteiger charge is -2.29. The Hall–Kier alpha value is -0.810. The van der Waals surface area contributed by atoms with E-state index in [2.05, 4.69) is 0 Å². The summed E-state index contributed by atoms with van der Waals surface area (Å²) in [6, 6.07) is 2.79. The molecule has 2 rings (SSSR count). The first kappa shape index (κ1) is 12.6. The van der Waals surface area contributed by atoms with Crippen molar-refractivity contribution in [3.63, 3.8) is 0 Å². The molecule has 1 aromatic rings. The van der Waals surface area contributed by atoms with Gasteiger partial charge in [-0.05, 0) is 30.7 Å². The molecule has 17 heavy (non-hydrogen) atoms. The number of rotatable bonds is 3. The normalized spacial score (nSPS) is 16.3. The Labute approximate surface area is 104 Å². The van der Waals surface area contributed by atoms with Crippen LogP contribution in [0.5, 0.6) is 0 Å². The van der Waals surface area contributed by atoms with Gasteiger partial charge in [0.25, 0.3) is 0 Å². The van der Waals surface area contributed by atoms with E-state index in [1.54, 1.807) is 4.90 Å². The van der Waals surface area contributed by atoms with Gasteiger partial charge in [-0.25, -0.2) is 8.78 Å². The summed E-state index contributed by atoms with van der Waals surface area (Å²) in [6.45, 7) is 1.81. The third-order valence-corrected chi connectivity index (χ3v) is 3.78. The van der Waals surface area contributed by atoms with Crippen LogP contribution in [0.25, 0.3) is 0 Å². The quantitative estimate of drug-likeness (QED) is 0.899. The number of thioether (sulfide) groups is 1. The molecule has 1 saturated heterocycles. The van der Waals surface area contributed by atoms with Crippen LogP contribution >= 0.6 is 11.8 Å². The molecule has 1 fully saturated rings. The molecule has 0 spiro atoms. The number of hydrogen-bond acceptors (Lipinski definition) is 3. The van der Waals surface area contributed by atoms with Crippen molar-refractivity contribution in [2.45, 2.75) is 6.42 Å². The van der Waals surface area contributed by atoms with Gasteiger partial charge < -0.3 is 10.6 Å². The number of nitrogens with zero attached hydrogens (tertiary/aromatic N) is 1. The highest BCUT2D eigenvalue weighted by Gasteiger charge is 2.19. The molecule has 1 aliphatic rings. The minimum atomic E-state index is -0.472. The van der Waals surface area contributed by atoms with Crippen LogP contribution < -0.4 is 10.6 Å². The Kier molecular flexibility index (Phi) is 4.23. The molecule has 0 atom stereocenters. The molecule has 1 aliphatic heterocycles. The maximum atomic E-state index is 13.9. The Morgan fingerprint density at radius 3 is 2.29 bits per heavy atom. The van der Waals surface area contributed by atoms with Crippen molar-refractivity contribution in [3.05, 3.63) is 29.3 Å². The Morgan fingerprint density at radius 2 is 1.76 bits per heavy atom. The van der Waals surface area contributed by atoms with Crippen LogP contribution in [0.1, 0.15) is 5.56 Å². The molecule has 0 bridgehead atoms. The fourth-order valence-corrected chi connectivity index (χ4v) is 2.92. The third-order valence-electron chi connectivity index (χ3n) is 2.84. The van der Waals surface area contributed by atoms with Gasteiger partial charge in [-0.3, -0.25) is 0 Å². The van der Waals surface area contributed by atoms with Gasteiger partial charge in [0.1, 0.15) is 17.3 Å². The second kappa shape index (κ2) is 5.69. The fourth-order valence-electron chi connectivity index (χ4n) is 2.02. The van der Waals surface area contributed by atoms with E-state index >= 15 is 0 Å². The van der Waals surface area contributed by atoms with Crippen molar-refractivity contribution in [2.24, 2.45) is 5.73 Å². The number of benzene rings is 1. The van der Waals surface area contributed by atoms with Crippen molar-refractivity contribution in [3.8, 4) is 0 Å². The number of anilines is 1. The summed E-state index contributed by atoms with van der Waals surface area (Å²) in [7, 11) is 0. The lowest BCUT2D eigenvalue weighted by Crippen LogP contribution is -2.33. The first-order valence-corrected chi connectivity index (χ1v) is 6.88. The average Bonchev–Trinajstić information content (AvgIpc) is 2.30.